The molecule has 0 spiro atoms. The van der Waals surface area contributed by atoms with Gasteiger partial charge in [0.15, 0.2) is 0 Å². The lowest BCUT2D eigenvalue weighted by Gasteiger charge is -2.41. The zero-order valence-electron chi connectivity index (χ0n) is 24.7. The van der Waals surface area contributed by atoms with Gasteiger partial charge in [0.25, 0.3) is 5.69 Å². The molecule has 1 aliphatic heterocycles. The summed E-state index contributed by atoms with van der Waals surface area (Å²) in [6.07, 6.45) is 3.95. The third kappa shape index (κ3) is 4.12. The Morgan fingerprint density at radius 2 is 1.50 bits per heavy atom. The number of nitrogens with zero attached hydrogens (tertiary/aromatic N) is 6. The molecule has 8 bridgehead atoms. The van der Waals surface area contributed by atoms with Crippen LogP contribution in [0.3, 0.4) is 0 Å². The van der Waals surface area contributed by atoms with Crippen molar-refractivity contribution in [3.8, 4) is 17.4 Å². The van der Waals surface area contributed by atoms with Crippen LogP contribution in [0.5, 0.6) is 0 Å². The van der Waals surface area contributed by atoms with E-state index < -0.39 is 16.2 Å². The minimum Gasteiger partial charge on any atom is -0.258 e. The second kappa shape index (κ2) is 8.62. The van der Waals surface area contributed by atoms with Crippen molar-refractivity contribution in [1.82, 2.24) is 19.6 Å². The van der Waals surface area contributed by atoms with E-state index in [0.29, 0.717) is 11.3 Å². The fraction of sp³-hybridized carbons (Fsp3) is 0.406. The molecule has 1 aliphatic rings. The van der Waals surface area contributed by atoms with E-state index in [1.165, 1.54) is 0 Å². The van der Waals surface area contributed by atoms with Gasteiger partial charge in [-0.1, -0.05) is 62.3 Å². The summed E-state index contributed by atoms with van der Waals surface area (Å²) in [5.41, 5.74) is 4.68. The van der Waals surface area contributed by atoms with E-state index in [1.807, 2.05) is 55.1 Å². The Morgan fingerprint density at radius 3 is 2.10 bits per heavy atom. The topological polar surface area (TPSA) is 103 Å². The summed E-state index contributed by atoms with van der Waals surface area (Å²) in [6.45, 7) is 19.3. The van der Waals surface area contributed by atoms with E-state index in [4.69, 9.17) is 10.2 Å². The van der Waals surface area contributed by atoms with Crippen LogP contribution in [0.25, 0.3) is 11.4 Å². The van der Waals surface area contributed by atoms with Crippen molar-refractivity contribution >= 4 is 5.69 Å². The lowest BCUT2D eigenvalue weighted by atomic mass is 9.62. The minimum absolute atomic E-state index is 0.00990. The average Bonchev–Trinajstić information content (AvgIpc) is 3.56. The van der Waals surface area contributed by atoms with Gasteiger partial charge in [0.1, 0.15) is 0 Å². The first-order valence-corrected chi connectivity index (χ1v) is 13.5. The van der Waals surface area contributed by atoms with Gasteiger partial charge < -0.3 is 0 Å². The first-order valence-electron chi connectivity index (χ1n) is 13.5. The summed E-state index contributed by atoms with van der Waals surface area (Å²) in [5, 5.41) is 32.2. The third-order valence-electron chi connectivity index (χ3n) is 9.04. The van der Waals surface area contributed by atoms with Crippen LogP contribution < -0.4 is 0 Å². The van der Waals surface area contributed by atoms with Crippen molar-refractivity contribution < 1.29 is 4.92 Å². The van der Waals surface area contributed by atoms with Crippen LogP contribution in [0, 0.1) is 21.4 Å². The van der Waals surface area contributed by atoms with E-state index in [1.54, 1.807) is 16.8 Å². The quantitative estimate of drug-likeness (QED) is 0.192. The molecule has 0 aliphatic carbocycles. The summed E-state index contributed by atoms with van der Waals surface area (Å²) in [6, 6.07) is 15.2. The average molecular weight is 537 g/mol. The largest absolute Gasteiger partial charge is 0.271 e. The van der Waals surface area contributed by atoms with Crippen molar-refractivity contribution in [3.63, 3.8) is 0 Å². The van der Waals surface area contributed by atoms with Gasteiger partial charge in [0, 0.05) is 40.8 Å². The molecule has 8 heteroatoms. The van der Waals surface area contributed by atoms with E-state index in [2.05, 4.69) is 60.7 Å². The molecule has 0 radical (unpaired) electrons. The maximum Gasteiger partial charge on any atom is 0.271 e. The van der Waals surface area contributed by atoms with Gasteiger partial charge in [-0.05, 0) is 52.4 Å². The van der Waals surface area contributed by atoms with E-state index in [-0.39, 0.29) is 16.0 Å². The van der Waals surface area contributed by atoms with Crippen LogP contribution in [0.2, 0.25) is 0 Å². The zero-order valence-corrected chi connectivity index (χ0v) is 24.7. The number of benzene rings is 2. The number of non-ortho nitro benzene ring substituents is 1. The second-order valence-electron chi connectivity index (χ2n) is 13.5. The van der Waals surface area contributed by atoms with E-state index in [0.717, 1.165) is 33.8 Å². The maximum atomic E-state index is 12.0. The molecule has 5 rings (SSSR count). The molecule has 0 saturated carbocycles. The molecule has 0 fully saturated rings. The molecular weight excluding hydrogens is 500 g/mol. The van der Waals surface area contributed by atoms with Gasteiger partial charge in [-0.15, -0.1) is 0 Å². The molecule has 0 amide bonds. The number of hydrogen-bond donors (Lipinski definition) is 0. The highest BCUT2D eigenvalue weighted by atomic mass is 16.6. The maximum absolute atomic E-state index is 12.0. The smallest absolute Gasteiger partial charge is 0.258 e. The standard InChI is InChI=1S/C32H36N6O2/c1-29(2,3)26-19-37-23-13-20(18-33)12-21(14-23)30(4,5)22-15-24(17-25(16-22)38(39)40)36-11-10-27(34-36)31(6,7)32(8,9)28(26)35-37/h10-17,19H,1-9H3. The number of hydrogen-bond acceptors (Lipinski definition) is 5. The molecule has 4 aromatic rings. The van der Waals surface area contributed by atoms with Gasteiger partial charge >= 0.3 is 0 Å². The van der Waals surface area contributed by atoms with Crippen LogP contribution in [-0.2, 0) is 21.7 Å². The number of aromatic nitrogens is 4. The monoisotopic (exact) mass is 536 g/mol. The summed E-state index contributed by atoms with van der Waals surface area (Å²) >= 11 is 0. The van der Waals surface area contributed by atoms with E-state index >= 15 is 0 Å². The van der Waals surface area contributed by atoms with Crippen LogP contribution in [0.15, 0.2) is 54.9 Å². The molecule has 2 aromatic heterocycles. The second-order valence-corrected chi connectivity index (χ2v) is 13.5. The van der Waals surface area contributed by atoms with Gasteiger partial charge in [-0.3, -0.25) is 10.1 Å². The van der Waals surface area contributed by atoms with Crippen molar-refractivity contribution in [2.45, 2.75) is 84.0 Å². The fourth-order valence-corrected chi connectivity index (χ4v) is 5.46. The summed E-state index contributed by atoms with van der Waals surface area (Å²) < 4.78 is 3.60. The molecule has 40 heavy (non-hydrogen) atoms. The third-order valence-corrected chi connectivity index (χ3v) is 9.04. The van der Waals surface area contributed by atoms with Gasteiger partial charge in [-0.2, -0.15) is 15.5 Å². The predicted octanol–water partition coefficient (Wildman–Crippen LogP) is 7.03. The van der Waals surface area contributed by atoms with Crippen molar-refractivity contribution in [3.05, 3.63) is 98.6 Å². The predicted molar refractivity (Wildman–Crippen MR) is 155 cm³/mol. The zero-order chi connectivity index (χ0) is 29.4. The molecule has 3 heterocycles. The van der Waals surface area contributed by atoms with Crippen molar-refractivity contribution in [2.24, 2.45) is 0 Å². The SMILES string of the molecule is CC(C)(C)c1cn2nc1C(C)(C)C(C)(C)c1ccn(n1)-c1cc([N+](=O)[O-])cc(c1)C(C)(C)c1cc(C#N)cc-2c1. The first-order chi connectivity index (χ1) is 18.5. The van der Waals surface area contributed by atoms with E-state index in [9.17, 15) is 15.4 Å². The highest BCUT2D eigenvalue weighted by Gasteiger charge is 2.46. The Hall–Kier alpha value is -4.25. The lowest BCUT2D eigenvalue weighted by Crippen LogP contribution is -2.42. The molecule has 0 N–H and O–H groups in total. The highest BCUT2D eigenvalue weighted by molar-refractivity contribution is 5.55. The Labute approximate surface area is 235 Å². The Kier molecular flexibility index (Phi) is 5.89. The van der Waals surface area contributed by atoms with Crippen LogP contribution in [0.4, 0.5) is 5.69 Å². The summed E-state index contributed by atoms with van der Waals surface area (Å²) in [4.78, 5) is 11.6. The summed E-state index contributed by atoms with van der Waals surface area (Å²) in [7, 11) is 0. The number of fused-ring (bicyclic) bond motifs is 10. The number of nitro benzene ring substituents is 1. The molecule has 0 unspecified atom stereocenters. The first kappa shape index (κ1) is 27.3. The Bertz CT molecular complexity index is 1710. The Morgan fingerprint density at radius 1 is 0.875 bits per heavy atom. The highest BCUT2D eigenvalue weighted by Crippen LogP contribution is 2.46. The van der Waals surface area contributed by atoms with Gasteiger partial charge in [-0.25, -0.2) is 9.36 Å². The summed E-state index contributed by atoms with van der Waals surface area (Å²) in [5.74, 6) is 0. The molecule has 206 valence electrons. The normalized spacial score (nSPS) is 16.9. The number of nitriles is 1. The molecule has 8 nitrogen and oxygen atoms in total. The Balaban J connectivity index is 1.93. The van der Waals surface area contributed by atoms with Gasteiger partial charge in [0.2, 0.25) is 0 Å². The van der Waals surface area contributed by atoms with Crippen LogP contribution in [-0.4, -0.2) is 24.5 Å². The molecule has 0 saturated heterocycles. The molecule has 0 atom stereocenters. The molecule has 2 aromatic carbocycles. The number of rotatable bonds is 1. The number of nitro groups is 1. The van der Waals surface area contributed by atoms with Crippen LogP contribution >= 0.6 is 0 Å². The van der Waals surface area contributed by atoms with Crippen molar-refractivity contribution in [2.75, 3.05) is 0 Å². The lowest BCUT2D eigenvalue weighted by molar-refractivity contribution is -0.384. The fourth-order valence-electron chi connectivity index (χ4n) is 5.46. The van der Waals surface area contributed by atoms with Gasteiger partial charge in [0.05, 0.1) is 39.3 Å². The van der Waals surface area contributed by atoms with Crippen LogP contribution in [0.1, 0.15) is 96.0 Å². The molecular formula is C32H36N6O2. The minimum atomic E-state index is -0.667. The van der Waals surface area contributed by atoms with Crippen molar-refractivity contribution in [1.29, 1.82) is 5.26 Å².